The fourth-order valence-electron chi connectivity index (χ4n) is 6.62. The smallest absolute Gasteiger partial charge is 0.146 e. The summed E-state index contributed by atoms with van der Waals surface area (Å²) in [6, 6.07) is 35.9. The zero-order valence-electron chi connectivity index (χ0n) is 19.0. The summed E-state index contributed by atoms with van der Waals surface area (Å²) in [6.07, 6.45) is 1.99. The molecule has 2 heteroatoms. The van der Waals surface area contributed by atoms with Crippen molar-refractivity contribution in [2.75, 3.05) is 0 Å². The summed E-state index contributed by atoms with van der Waals surface area (Å²) in [7, 11) is 0. The number of fused-ring (bicyclic) bond motifs is 14. The lowest BCUT2D eigenvalue weighted by atomic mass is 9.96. The molecule has 0 amide bonds. The van der Waals surface area contributed by atoms with E-state index in [0.29, 0.717) is 0 Å². The lowest BCUT2D eigenvalue weighted by Gasteiger charge is -2.13. The molecule has 0 atom stereocenters. The Morgan fingerprint density at radius 2 is 1.11 bits per heavy atom. The highest BCUT2D eigenvalue weighted by molar-refractivity contribution is 6.16. The summed E-state index contributed by atoms with van der Waals surface area (Å²) in [4.78, 5) is 5.17. The van der Waals surface area contributed by atoms with Crippen molar-refractivity contribution in [1.82, 2.24) is 9.38 Å². The Bertz CT molecular complexity index is 2060. The third-order valence-electron chi connectivity index (χ3n) is 8.17. The highest BCUT2D eigenvalue weighted by Crippen LogP contribution is 2.45. The monoisotopic (exact) mass is 444 g/mol. The van der Waals surface area contributed by atoms with Gasteiger partial charge in [-0.1, -0.05) is 60.7 Å². The van der Waals surface area contributed by atoms with Crippen LogP contribution in [0.5, 0.6) is 0 Å². The minimum Gasteiger partial charge on any atom is -0.292 e. The van der Waals surface area contributed by atoms with E-state index in [9.17, 15) is 0 Å². The minimum atomic E-state index is 0.991. The molecule has 0 bridgehead atoms. The van der Waals surface area contributed by atoms with Gasteiger partial charge in [-0.05, 0) is 99.1 Å². The fraction of sp³-hybridized carbons (Fsp3) is 0.0606. The Morgan fingerprint density at radius 1 is 0.486 bits per heavy atom. The van der Waals surface area contributed by atoms with Gasteiger partial charge >= 0.3 is 0 Å². The van der Waals surface area contributed by atoms with Gasteiger partial charge in [0.15, 0.2) is 0 Å². The summed E-state index contributed by atoms with van der Waals surface area (Å²) >= 11 is 0. The van der Waals surface area contributed by atoms with Gasteiger partial charge in [0.05, 0.1) is 16.6 Å². The van der Waals surface area contributed by atoms with Crippen molar-refractivity contribution >= 4 is 38.4 Å². The Labute approximate surface area is 202 Å². The lowest BCUT2D eigenvalue weighted by Crippen LogP contribution is -1.95. The van der Waals surface area contributed by atoms with Gasteiger partial charge in [0.2, 0.25) is 0 Å². The van der Waals surface area contributed by atoms with Crippen molar-refractivity contribution in [2.45, 2.75) is 12.8 Å². The summed E-state index contributed by atoms with van der Waals surface area (Å²) < 4.78 is 2.39. The maximum Gasteiger partial charge on any atom is 0.146 e. The molecule has 0 fully saturated rings. The number of rotatable bonds is 0. The maximum atomic E-state index is 5.17. The van der Waals surface area contributed by atoms with Crippen LogP contribution in [0.2, 0.25) is 0 Å². The third kappa shape index (κ3) is 2.22. The first kappa shape index (κ1) is 18.0. The standard InChI is InChI=1S/C33H20N2/c1-3-9-23-19(7-1)14-22-16-29-27(17-25(22)23)28-15-21-13-20-8-2-4-10-24(20)26(21)18-32(28)35-31-12-6-5-11-30(31)34-33(29)35/h1-12,15-18H,13-14H2. The Hall–Kier alpha value is -4.43. The molecule has 2 heterocycles. The van der Waals surface area contributed by atoms with E-state index in [1.165, 1.54) is 71.7 Å². The Balaban J connectivity index is 1.50. The predicted octanol–water partition coefficient (Wildman–Crippen LogP) is 7.94. The first-order chi connectivity index (χ1) is 17.3. The third-order valence-corrected chi connectivity index (χ3v) is 8.17. The van der Waals surface area contributed by atoms with Crippen molar-refractivity contribution in [2.24, 2.45) is 0 Å². The van der Waals surface area contributed by atoms with Gasteiger partial charge in [-0.3, -0.25) is 4.40 Å². The summed E-state index contributed by atoms with van der Waals surface area (Å²) in [5.74, 6) is 0. The molecule has 2 nitrogen and oxygen atoms in total. The molecule has 5 aromatic carbocycles. The van der Waals surface area contributed by atoms with Crippen molar-refractivity contribution in [3.05, 3.63) is 119 Å². The molecule has 0 unspecified atom stereocenters. The van der Waals surface area contributed by atoms with E-state index in [-0.39, 0.29) is 0 Å². The molecular formula is C33H20N2. The summed E-state index contributed by atoms with van der Waals surface area (Å²) in [5.41, 5.74) is 15.6. The second-order valence-corrected chi connectivity index (χ2v) is 10.0. The van der Waals surface area contributed by atoms with Gasteiger partial charge in [-0.2, -0.15) is 0 Å². The van der Waals surface area contributed by atoms with Gasteiger partial charge in [0, 0.05) is 10.8 Å². The van der Waals surface area contributed by atoms with E-state index in [1.807, 2.05) is 0 Å². The molecular weight excluding hydrogens is 424 g/mol. The van der Waals surface area contributed by atoms with Crippen LogP contribution in [0, 0.1) is 0 Å². The average Bonchev–Trinajstić information content (AvgIpc) is 3.57. The number of nitrogens with zero attached hydrogens (tertiary/aromatic N) is 2. The van der Waals surface area contributed by atoms with E-state index >= 15 is 0 Å². The van der Waals surface area contributed by atoms with Gasteiger partial charge in [-0.25, -0.2) is 4.98 Å². The van der Waals surface area contributed by atoms with E-state index in [0.717, 1.165) is 24.0 Å². The fourth-order valence-corrected chi connectivity index (χ4v) is 6.62. The van der Waals surface area contributed by atoms with Crippen LogP contribution in [0.1, 0.15) is 22.3 Å². The molecule has 0 N–H and O–H groups in total. The highest BCUT2D eigenvalue weighted by Gasteiger charge is 2.24. The van der Waals surface area contributed by atoms with E-state index in [1.54, 1.807) is 0 Å². The van der Waals surface area contributed by atoms with Crippen LogP contribution in [-0.4, -0.2) is 9.38 Å². The molecule has 0 aliphatic heterocycles. The van der Waals surface area contributed by atoms with Crippen LogP contribution in [0.25, 0.3) is 60.6 Å². The number of hydrogen-bond donors (Lipinski definition) is 0. The SMILES string of the molecule is c1ccc2c(c1)Cc1cc3c(cc1-2)c1cc2c(cc1n1c4ccccc4nc31)-c1ccccc1C2. The predicted molar refractivity (Wildman–Crippen MR) is 144 cm³/mol. The van der Waals surface area contributed by atoms with E-state index < -0.39 is 0 Å². The second-order valence-electron chi connectivity index (χ2n) is 10.0. The number of para-hydroxylation sites is 2. The molecule has 162 valence electrons. The van der Waals surface area contributed by atoms with Crippen LogP contribution in [0.4, 0.5) is 0 Å². The first-order valence-corrected chi connectivity index (χ1v) is 12.3. The number of aromatic nitrogens is 2. The van der Waals surface area contributed by atoms with Gasteiger partial charge in [-0.15, -0.1) is 0 Å². The molecule has 35 heavy (non-hydrogen) atoms. The van der Waals surface area contributed by atoms with Crippen molar-refractivity contribution < 1.29 is 0 Å². The Kier molecular flexibility index (Phi) is 3.16. The minimum absolute atomic E-state index is 0.991. The average molecular weight is 445 g/mol. The van der Waals surface area contributed by atoms with Crippen LogP contribution >= 0.6 is 0 Å². The van der Waals surface area contributed by atoms with Gasteiger partial charge in [0.1, 0.15) is 5.65 Å². The van der Waals surface area contributed by atoms with Gasteiger partial charge < -0.3 is 0 Å². The molecule has 9 rings (SSSR count). The number of benzene rings is 5. The highest BCUT2D eigenvalue weighted by atomic mass is 15.0. The van der Waals surface area contributed by atoms with Crippen LogP contribution in [0.15, 0.2) is 97.1 Å². The molecule has 2 aromatic heterocycles. The van der Waals surface area contributed by atoms with Crippen LogP contribution < -0.4 is 0 Å². The summed E-state index contributed by atoms with van der Waals surface area (Å²) in [5, 5.41) is 3.86. The quantitative estimate of drug-likeness (QED) is 0.217. The van der Waals surface area contributed by atoms with Crippen LogP contribution in [-0.2, 0) is 12.8 Å². The second kappa shape index (κ2) is 6.17. The summed E-state index contributed by atoms with van der Waals surface area (Å²) in [6.45, 7) is 0. The number of imidazole rings is 1. The molecule has 0 radical (unpaired) electrons. The lowest BCUT2D eigenvalue weighted by molar-refractivity contribution is 1.26. The zero-order chi connectivity index (χ0) is 22.7. The van der Waals surface area contributed by atoms with Crippen LogP contribution in [0.3, 0.4) is 0 Å². The molecule has 7 aromatic rings. The van der Waals surface area contributed by atoms with Gasteiger partial charge in [0.25, 0.3) is 0 Å². The number of pyridine rings is 1. The van der Waals surface area contributed by atoms with Crippen molar-refractivity contribution in [3.8, 4) is 22.3 Å². The van der Waals surface area contributed by atoms with Crippen molar-refractivity contribution in [1.29, 1.82) is 0 Å². The first-order valence-electron chi connectivity index (χ1n) is 12.3. The topological polar surface area (TPSA) is 17.3 Å². The zero-order valence-corrected chi connectivity index (χ0v) is 19.0. The molecule has 2 aliphatic rings. The maximum absolute atomic E-state index is 5.17. The van der Waals surface area contributed by atoms with Crippen molar-refractivity contribution in [3.63, 3.8) is 0 Å². The molecule has 0 saturated carbocycles. The molecule has 0 spiro atoms. The normalized spacial score (nSPS) is 13.5. The van der Waals surface area contributed by atoms with E-state index in [4.69, 9.17) is 4.98 Å². The van der Waals surface area contributed by atoms with E-state index in [2.05, 4.69) is 101 Å². The number of hydrogen-bond acceptors (Lipinski definition) is 1. The largest absolute Gasteiger partial charge is 0.292 e. The molecule has 0 saturated heterocycles. The Morgan fingerprint density at radius 3 is 1.89 bits per heavy atom. The molecule has 2 aliphatic carbocycles.